The molecule has 1 saturated heterocycles. The molecule has 0 aliphatic carbocycles. The number of β-lactam (4-membered cyclic amide) rings is 1. The maximum Gasteiger partial charge on any atom is 0.255 e. The number of nitrogens with zero attached hydrogens (tertiary/aromatic N) is 1. The number of para-hydroxylation sites is 2. The van der Waals surface area contributed by atoms with Crippen LogP contribution in [0.25, 0.3) is 0 Å². The molecule has 3 rings (SSSR count). The van der Waals surface area contributed by atoms with Gasteiger partial charge in [-0.25, -0.2) is 0 Å². The van der Waals surface area contributed by atoms with Crippen molar-refractivity contribution in [3.63, 3.8) is 0 Å². The zero-order valence-electron chi connectivity index (χ0n) is 17.5. The van der Waals surface area contributed by atoms with E-state index in [1.54, 1.807) is 24.1 Å². The summed E-state index contributed by atoms with van der Waals surface area (Å²) in [6.07, 6.45) is 0. The maximum atomic E-state index is 11.6. The second-order valence-corrected chi connectivity index (χ2v) is 5.96. The lowest BCUT2D eigenvalue weighted by Crippen LogP contribution is -2.45. The first kappa shape index (κ1) is 21.9. The van der Waals surface area contributed by atoms with E-state index in [2.05, 4.69) is 6.58 Å². The Morgan fingerprint density at radius 1 is 0.897 bits per heavy atom. The third-order valence-electron chi connectivity index (χ3n) is 4.23. The molecule has 0 aromatic heterocycles. The number of hydrogen-bond acceptors (Lipinski definition) is 6. The van der Waals surface area contributed by atoms with Gasteiger partial charge in [0.1, 0.15) is 0 Å². The van der Waals surface area contributed by atoms with Gasteiger partial charge in [-0.1, -0.05) is 18.7 Å². The van der Waals surface area contributed by atoms with E-state index >= 15 is 0 Å². The van der Waals surface area contributed by atoms with Crippen molar-refractivity contribution >= 4 is 11.6 Å². The van der Waals surface area contributed by atoms with Crippen LogP contribution in [0.4, 0.5) is 5.69 Å². The van der Waals surface area contributed by atoms with Gasteiger partial charge in [0.25, 0.3) is 5.91 Å². The van der Waals surface area contributed by atoms with Gasteiger partial charge in [0.15, 0.2) is 23.0 Å². The third kappa shape index (κ3) is 4.93. The van der Waals surface area contributed by atoms with Crippen molar-refractivity contribution in [2.45, 2.75) is 6.92 Å². The molecule has 1 aliphatic heterocycles. The van der Waals surface area contributed by atoms with Crippen molar-refractivity contribution < 1.29 is 28.5 Å². The van der Waals surface area contributed by atoms with Crippen molar-refractivity contribution in [1.29, 1.82) is 0 Å². The van der Waals surface area contributed by atoms with E-state index in [1.165, 1.54) is 21.3 Å². The quantitative estimate of drug-likeness (QED) is 0.521. The second-order valence-electron chi connectivity index (χ2n) is 5.96. The lowest BCUT2D eigenvalue weighted by molar-refractivity contribution is -0.117. The summed E-state index contributed by atoms with van der Waals surface area (Å²) < 4.78 is 26.1. The highest BCUT2D eigenvalue weighted by Gasteiger charge is 2.31. The minimum Gasteiger partial charge on any atom is -0.493 e. The van der Waals surface area contributed by atoms with Gasteiger partial charge in [-0.05, 0) is 19.1 Å². The fraction of sp³-hybridized carbons (Fsp3) is 0.318. The van der Waals surface area contributed by atoms with Crippen LogP contribution in [0.5, 0.6) is 28.7 Å². The van der Waals surface area contributed by atoms with Gasteiger partial charge in [-0.2, -0.15) is 0 Å². The van der Waals surface area contributed by atoms with Gasteiger partial charge in [-0.15, -0.1) is 0 Å². The molecule has 7 heteroatoms. The van der Waals surface area contributed by atoms with E-state index in [9.17, 15) is 4.79 Å². The fourth-order valence-electron chi connectivity index (χ4n) is 2.76. The summed E-state index contributed by atoms with van der Waals surface area (Å²) in [5, 5.41) is 0. The van der Waals surface area contributed by atoms with Crippen LogP contribution in [0.2, 0.25) is 0 Å². The number of ether oxygens (including phenoxy) is 5. The SMILES string of the molecule is C=C1CN(c2cc(OC)c(OC)c(OC)c2)C1=O.CCOc1ccccc1OC. The zero-order valence-corrected chi connectivity index (χ0v) is 17.5. The van der Waals surface area contributed by atoms with Crippen LogP contribution in [-0.2, 0) is 4.79 Å². The summed E-state index contributed by atoms with van der Waals surface area (Å²) in [6.45, 7) is 6.80. The van der Waals surface area contributed by atoms with Crippen molar-refractivity contribution in [2.24, 2.45) is 0 Å². The average Bonchev–Trinajstić information content (AvgIpc) is 2.77. The average molecular weight is 401 g/mol. The van der Waals surface area contributed by atoms with E-state index in [0.29, 0.717) is 41.7 Å². The number of rotatable bonds is 7. The Morgan fingerprint density at radius 2 is 1.45 bits per heavy atom. The van der Waals surface area contributed by atoms with Crippen molar-refractivity contribution in [2.75, 3.05) is 46.5 Å². The molecule has 0 atom stereocenters. The smallest absolute Gasteiger partial charge is 0.255 e. The molecule has 156 valence electrons. The molecule has 1 fully saturated rings. The Balaban J connectivity index is 0.000000234. The Kier molecular flexibility index (Phi) is 7.77. The van der Waals surface area contributed by atoms with Crippen LogP contribution in [0.1, 0.15) is 6.92 Å². The molecular weight excluding hydrogens is 374 g/mol. The number of amides is 1. The van der Waals surface area contributed by atoms with Gasteiger partial charge in [0, 0.05) is 17.7 Å². The molecular formula is C22H27NO6. The lowest BCUT2D eigenvalue weighted by Gasteiger charge is -2.33. The first-order valence-electron chi connectivity index (χ1n) is 9.06. The largest absolute Gasteiger partial charge is 0.493 e. The molecule has 1 aliphatic rings. The second kappa shape index (κ2) is 10.3. The molecule has 1 heterocycles. The highest BCUT2D eigenvalue weighted by molar-refractivity contribution is 6.13. The molecule has 0 N–H and O–H groups in total. The van der Waals surface area contributed by atoms with Crippen LogP contribution in [0.3, 0.4) is 0 Å². The highest BCUT2D eigenvalue weighted by atomic mass is 16.5. The van der Waals surface area contributed by atoms with Crippen LogP contribution >= 0.6 is 0 Å². The van der Waals surface area contributed by atoms with Crippen molar-refractivity contribution in [3.05, 3.63) is 48.6 Å². The van der Waals surface area contributed by atoms with Crippen molar-refractivity contribution in [3.8, 4) is 28.7 Å². The van der Waals surface area contributed by atoms with Gasteiger partial charge in [0.05, 0.1) is 47.3 Å². The minimum absolute atomic E-state index is 0.0794. The summed E-state index contributed by atoms with van der Waals surface area (Å²) in [5.74, 6) is 3.07. The number of carbonyl (C=O) groups is 1. The first-order valence-corrected chi connectivity index (χ1v) is 9.06. The normalized spacial score (nSPS) is 12.4. The van der Waals surface area contributed by atoms with Crippen LogP contribution < -0.4 is 28.6 Å². The number of hydrogen-bond donors (Lipinski definition) is 0. The van der Waals surface area contributed by atoms with Gasteiger partial charge in [0.2, 0.25) is 5.75 Å². The molecule has 2 aromatic rings. The summed E-state index contributed by atoms with van der Waals surface area (Å²) in [5.41, 5.74) is 1.31. The standard InChI is InChI=1S/C13H15NO4.C9H12O2/c1-8-7-14(13(8)15)9-5-10(16-2)12(18-4)11(6-9)17-3;1-3-11-9-7-5-4-6-8(9)10-2/h5-6H,1,7H2,2-4H3;4-7H,3H2,1-2H3. The van der Waals surface area contributed by atoms with Crippen molar-refractivity contribution in [1.82, 2.24) is 0 Å². The molecule has 1 amide bonds. The number of anilines is 1. The van der Waals surface area contributed by atoms with E-state index in [-0.39, 0.29) is 5.91 Å². The predicted molar refractivity (Wildman–Crippen MR) is 112 cm³/mol. The summed E-state index contributed by atoms with van der Waals surface area (Å²) in [6, 6.07) is 11.1. The van der Waals surface area contributed by atoms with E-state index < -0.39 is 0 Å². The number of carbonyl (C=O) groups excluding carboxylic acids is 1. The summed E-state index contributed by atoms with van der Waals surface area (Å²) in [4.78, 5) is 13.2. The molecule has 0 bridgehead atoms. The lowest BCUT2D eigenvalue weighted by atomic mass is 10.1. The number of benzene rings is 2. The van der Waals surface area contributed by atoms with Gasteiger partial charge < -0.3 is 28.6 Å². The van der Waals surface area contributed by atoms with Crippen LogP contribution in [0, 0.1) is 0 Å². The van der Waals surface area contributed by atoms with Crippen LogP contribution in [-0.4, -0.2) is 47.5 Å². The Bertz CT molecular complexity index is 839. The van der Waals surface area contributed by atoms with Crippen LogP contribution in [0.15, 0.2) is 48.6 Å². The predicted octanol–water partition coefficient (Wildman–Crippen LogP) is 3.71. The summed E-state index contributed by atoms with van der Waals surface area (Å²) >= 11 is 0. The third-order valence-corrected chi connectivity index (χ3v) is 4.23. The summed E-state index contributed by atoms with van der Waals surface area (Å²) in [7, 11) is 6.25. The molecule has 29 heavy (non-hydrogen) atoms. The van der Waals surface area contributed by atoms with E-state index in [4.69, 9.17) is 23.7 Å². The number of methoxy groups -OCH3 is 4. The molecule has 0 saturated carbocycles. The van der Waals surface area contributed by atoms with Gasteiger partial charge >= 0.3 is 0 Å². The fourth-order valence-corrected chi connectivity index (χ4v) is 2.76. The Hall–Kier alpha value is -3.35. The van der Waals surface area contributed by atoms with E-state index in [1.807, 2.05) is 31.2 Å². The Morgan fingerprint density at radius 3 is 1.86 bits per heavy atom. The topological polar surface area (TPSA) is 66.5 Å². The molecule has 0 radical (unpaired) electrons. The maximum absolute atomic E-state index is 11.6. The monoisotopic (exact) mass is 401 g/mol. The zero-order chi connectivity index (χ0) is 21.4. The van der Waals surface area contributed by atoms with E-state index in [0.717, 1.165) is 11.5 Å². The highest BCUT2D eigenvalue weighted by Crippen LogP contribution is 2.42. The molecule has 2 aromatic carbocycles. The Labute approximate surface area is 171 Å². The molecule has 0 spiro atoms. The minimum atomic E-state index is -0.0794. The van der Waals surface area contributed by atoms with Gasteiger partial charge in [-0.3, -0.25) is 4.79 Å². The first-order chi connectivity index (χ1) is 14.0. The molecule has 0 unspecified atom stereocenters. The molecule has 7 nitrogen and oxygen atoms in total.